The third-order valence-electron chi connectivity index (χ3n) is 3.86. The van der Waals surface area contributed by atoms with Crippen molar-refractivity contribution in [2.75, 3.05) is 18.9 Å². The summed E-state index contributed by atoms with van der Waals surface area (Å²) in [4.78, 5) is 0. The number of rotatable bonds is 5. The molecule has 1 aliphatic carbocycles. The highest BCUT2D eigenvalue weighted by atomic mass is 32.2. The van der Waals surface area contributed by atoms with Crippen LogP contribution in [-0.2, 0) is 14.8 Å². The van der Waals surface area contributed by atoms with Gasteiger partial charge < -0.3 is 9.84 Å². The number of hydrogen-bond donors (Lipinski definition) is 2. The molecule has 3 unspecified atom stereocenters. The molecule has 106 valence electrons. The second kappa shape index (κ2) is 6.32. The van der Waals surface area contributed by atoms with Crippen LogP contribution in [0, 0.1) is 5.92 Å². The molecule has 0 amide bonds. The maximum Gasteiger partial charge on any atom is 0.214 e. The Balaban J connectivity index is 1.76. The van der Waals surface area contributed by atoms with Crippen molar-refractivity contribution in [1.29, 1.82) is 0 Å². The quantitative estimate of drug-likeness (QED) is 0.773. The molecule has 1 aliphatic heterocycles. The van der Waals surface area contributed by atoms with E-state index in [2.05, 4.69) is 4.72 Å². The number of aliphatic hydroxyl groups is 1. The Kier molecular flexibility index (Phi) is 5.00. The van der Waals surface area contributed by atoms with Gasteiger partial charge in [0.25, 0.3) is 0 Å². The second-order valence-electron chi connectivity index (χ2n) is 5.38. The van der Waals surface area contributed by atoms with E-state index >= 15 is 0 Å². The van der Waals surface area contributed by atoms with Gasteiger partial charge in [-0.05, 0) is 31.6 Å². The van der Waals surface area contributed by atoms with E-state index in [9.17, 15) is 13.5 Å². The molecule has 6 heteroatoms. The van der Waals surface area contributed by atoms with Gasteiger partial charge in [-0.1, -0.05) is 12.8 Å². The summed E-state index contributed by atoms with van der Waals surface area (Å²) in [6.07, 6.45) is 5.08. The van der Waals surface area contributed by atoms with E-state index in [1.807, 2.05) is 0 Å². The minimum Gasteiger partial charge on any atom is -0.393 e. The number of sulfonamides is 1. The van der Waals surface area contributed by atoms with Crippen molar-refractivity contribution in [3.8, 4) is 0 Å². The minimum atomic E-state index is -3.27. The van der Waals surface area contributed by atoms with Crippen molar-refractivity contribution in [2.45, 2.75) is 50.7 Å². The molecule has 2 aliphatic rings. The normalized spacial score (nSPS) is 33.7. The molecule has 5 nitrogen and oxygen atoms in total. The van der Waals surface area contributed by atoms with E-state index in [4.69, 9.17) is 4.74 Å². The van der Waals surface area contributed by atoms with Crippen LogP contribution < -0.4 is 4.72 Å². The SMILES string of the molecule is O=S(=O)(CC1CCCO1)NCC1CCCCC1O. The highest BCUT2D eigenvalue weighted by Gasteiger charge is 2.27. The molecule has 2 N–H and O–H groups in total. The summed E-state index contributed by atoms with van der Waals surface area (Å²) in [5.41, 5.74) is 0. The minimum absolute atomic E-state index is 0.0514. The topological polar surface area (TPSA) is 75.6 Å². The number of nitrogens with one attached hydrogen (secondary N) is 1. The molecule has 18 heavy (non-hydrogen) atoms. The van der Waals surface area contributed by atoms with Crippen molar-refractivity contribution in [2.24, 2.45) is 5.92 Å². The predicted octanol–water partition coefficient (Wildman–Crippen LogP) is 0.636. The summed E-state index contributed by atoms with van der Waals surface area (Å²) in [6, 6.07) is 0. The average Bonchev–Trinajstić information content (AvgIpc) is 2.80. The first kappa shape index (κ1) is 14.2. The van der Waals surface area contributed by atoms with Crippen LogP contribution in [0.2, 0.25) is 0 Å². The van der Waals surface area contributed by atoms with Gasteiger partial charge in [-0.2, -0.15) is 0 Å². The summed E-state index contributed by atoms with van der Waals surface area (Å²) in [7, 11) is -3.27. The van der Waals surface area contributed by atoms with Gasteiger partial charge in [-0.15, -0.1) is 0 Å². The van der Waals surface area contributed by atoms with Gasteiger partial charge >= 0.3 is 0 Å². The summed E-state index contributed by atoms with van der Waals surface area (Å²) in [6.45, 7) is 1.03. The van der Waals surface area contributed by atoms with Gasteiger partial charge in [-0.25, -0.2) is 13.1 Å². The second-order valence-corrected chi connectivity index (χ2v) is 7.23. The van der Waals surface area contributed by atoms with Gasteiger partial charge in [0.15, 0.2) is 0 Å². The van der Waals surface area contributed by atoms with Gasteiger partial charge in [0.05, 0.1) is 18.0 Å². The molecule has 1 heterocycles. The van der Waals surface area contributed by atoms with Crippen LogP contribution in [0.4, 0.5) is 0 Å². The first-order chi connectivity index (χ1) is 8.57. The van der Waals surface area contributed by atoms with Crippen LogP contribution in [0.1, 0.15) is 38.5 Å². The van der Waals surface area contributed by atoms with Crippen LogP contribution >= 0.6 is 0 Å². The molecule has 1 saturated heterocycles. The number of aliphatic hydroxyl groups excluding tert-OH is 1. The molecule has 1 saturated carbocycles. The monoisotopic (exact) mass is 277 g/mol. The smallest absolute Gasteiger partial charge is 0.214 e. The summed E-state index contributed by atoms with van der Waals surface area (Å²) in [5, 5.41) is 9.79. The Morgan fingerprint density at radius 2 is 1.94 bits per heavy atom. The van der Waals surface area contributed by atoms with Crippen molar-refractivity contribution in [1.82, 2.24) is 4.72 Å². The van der Waals surface area contributed by atoms with Gasteiger partial charge in [-0.3, -0.25) is 0 Å². The van der Waals surface area contributed by atoms with Gasteiger partial charge in [0, 0.05) is 13.2 Å². The number of hydrogen-bond acceptors (Lipinski definition) is 4. The van der Waals surface area contributed by atoms with Crippen molar-refractivity contribution in [3.05, 3.63) is 0 Å². The zero-order valence-electron chi connectivity index (χ0n) is 10.7. The van der Waals surface area contributed by atoms with Gasteiger partial charge in [0.1, 0.15) is 0 Å². The summed E-state index contributed by atoms with van der Waals surface area (Å²) >= 11 is 0. The molecule has 2 fully saturated rings. The third kappa shape index (κ3) is 4.19. The average molecular weight is 277 g/mol. The third-order valence-corrected chi connectivity index (χ3v) is 5.28. The first-order valence-electron chi connectivity index (χ1n) is 6.84. The van der Waals surface area contributed by atoms with Crippen molar-refractivity contribution >= 4 is 10.0 Å². The lowest BCUT2D eigenvalue weighted by Gasteiger charge is -2.27. The first-order valence-corrected chi connectivity index (χ1v) is 8.49. The fourth-order valence-electron chi connectivity index (χ4n) is 2.74. The fourth-order valence-corrected chi connectivity index (χ4v) is 4.08. The molecule has 0 bridgehead atoms. The summed E-state index contributed by atoms with van der Waals surface area (Å²) in [5.74, 6) is 0.119. The Morgan fingerprint density at radius 1 is 1.17 bits per heavy atom. The molecule has 0 aromatic rings. The highest BCUT2D eigenvalue weighted by molar-refractivity contribution is 7.89. The zero-order valence-corrected chi connectivity index (χ0v) is 11.5. The molecule has 2 rings (SSSR count). The van der Waals surface area contributed by atoms with E-state index in [1.165, 1.54) is 0 Å². The van der Waals surface area contributed by atoms with E-state index in [-0.39, 0.29) is 23.9 Å². The predicted molar refractivity (Wildman–Crippen MR) is 68.7 cm³/mol. The molecule has 0 aromatic heterocycles. The standard InChI is InChI=1S/C12H23NO4S/c14-12-6-2-1-4-10(12)8-13-18(15,16)9-11-5-3-7-17-11/h10-14H,1-9H2. The van der Waals surface area contributed by atoms with E-state index in [0.717, 1.165) is 38.5 Å². The molecule has 0 radical (unpaired) electrons. The van der Waals surface area contributed by atoms with Crippen molar-refractivity contribution < 1.29 is 18.3 Å². The van der Waals surface area contributed by atoms with Crippen LogP contribution in [0.15, 0.2) is 0 Å². The van der Waals surface area contributed by atoms with E-state index < -0.39 is 10.0 Å². The van der Waals surface area contributed by atoms with Crippen LogP contribution in [0.25, 0.3) is 0 Å². The Bertz CT molecular complexity index is 351. The fraction of sp³-hybridized carbons (Fsp3) is 1.00. The summed E-state index contributed by atoms with van der Waals surface area (Å²) < 4.78 is 31.7. The van der Waals surface area contributed by atoms with E-state index in [0.29, 0.717) is 13.2 Å². The Labute approximate surface area is 109 Å². The lowest BCUT2D eigenvalue weighted by atomic mass is 9.87. The maximum absolute atomic E-state index is 11.9. The van der Waals surface area contributed by atoms with Gasteiger partial charge in [0.2, 0.25) is 10.0 Å². The highest BCUT2D eigenvalue weighted by Crippen LogP contribution is 2.24. The Hall–Kier alpha value is -0.170. The molecule has 0 spiro atoms. The van der Waals surface area contributed by atoms with E-state index in [1.54, 1.807) is 0 Å². The Morgan fingerprint density at radius 3 is 2.61 bits per heavy atom. The molecule has 3 atom stereocenters. The van der Waals surface area contributed by atoms with Crippen LogP contribution in [0.5, 0.6) is 0 Å². The lowest BCUT2D eigenvalue weighted by Crippen LogP contribution is -2.39. The lowest BCUT2D eigenvalue weighted by molar-refractivity contribution is 0.0723. The maximum atomic E-state index is 11.9. The molecule has 0 aromatic carbocycles. The van der Waals surface area contributed by atoms with Crippen LogP contribution in [-0.4, -0.2) is 44.6 Å². The van der Waals surface area contributed by atoms with Crippen molar-refractivity contribution in [3.63, 3.8) is 0 Å². The zero-order chi connectivity index (χ0) is 13.0. The molecular formula is C12H23NO4S. The molecular weight excluding hydrogens is 254 g/mol. The van der Waals surface area contributed by atoms with Crippen LogP contribution in [0.3, 0.4) is 0 Å². The number of ether oxygens (including phenoxy) is 1. The largest absolute Gasteiger partial charge is 0.393 e.